The highest BCUT2D eigenvalue weighted by atomic mass is 16.7. The van der Waals surface area contributed by atoms with E-state index in [1.165, 1.54) is 6.54 Å². The summed E-state index contributed by atoms with van der Waals surface area (Å²) in [6.07, 6.45) is 0. The summed E-state index contributed by atoms with van der Waals surface area (Å²) in [5, 5.41) is 2.08. The molecule has 0 spiro atoms. The first kappa shape index (κ1) is 12.9. The van der Waals surface area contributed by atoms with E-state index in [2.05, 4.69) is 44.7 Å². The summed E-state index contributed by atoms with van der Waals surface area (Å²) in [5.74, 6) is 1.37. The van der Waals surface area contributed by atoms with Gasteiger partial charge in [-0.1, -0.05) is 27.7 Å². The maximum absolute atomic E-state index is 5.63. The number of hydrogen-bond donors (Lipinski definition) is 0. The van der Waals surface area contributed by atoms with Gasteiger partial charge in [-0.05, 0) is 18.9 Å². The van der Waals surface area contributed by atoms with Crippen LogP contribution < -0.4 is 0 Å². The van der Waals surface area contributed by atoms with Crippen molar-refractivity contribution in [1.29, 1.82) is 0 Å². The molecule has 3 nitrogen and oxygen atoms in total. The smallest absolute Gasteiger partial charge is 0.0708 e. The van der Waals surface area contributed by atoms with E-state index < -0.39 is 0 Å². The van der Waals surface area contributed by atoms with Crippen molar-refractivity contribution in [3.63, 3.8) is 0 Å². The van der Waals surface area contributed by atoms with Gasteiger partial charge in [0, 0.05) is 25.7 Å². The second-order valence-electron chi connectivity index (χ2n) is 5.52. The molecule has 1 aliphatic rings. The Hall–Kier alpha value is -0.120. The fourth-order valence-electron chi connectivity index (χ4n) is 1.78. The van der Waals surface area contributed by atoms with Gasteiger partial charge in [0.05, 0.1) is 6.61 Å². The van der Waals surface area contributed by atoms with E-state index >= 15 is 0 Å². The molecule has 0 unspecified atom stereocenters. The van der Waals surface area contributed by atoms with Gasteiger partial charge in [-0.15, -0.1) is 0 Å². The molecule has 15 heavy (non-hydrogen) atoms. The molecule has 1 fully saturated rings. The highest BCUT2D eigenvalue weighted by Crippen LogP contribution is 2.15. The fourth-order valence-corrected chi connectivity index (χ4v) is 1.78. The van der Waals surface area contributed by atoms with Gasteiger partial charge in [0.15, 0.2) is 0 Å². The summed E-state index contributed by atoms with van der Waals surface area (Å²) < 4.78 is 0. The van der Waals surface area contributed by atoms with Crippen LogP contribution in [0.1, 0.15) is 27.7 Å². The van der Waals surface area contributed by atoms with Crippen LogP contribution in [0.5, 0.6) is 0 Å². The van der Waals surface area contributed by atoms with E-state index in [1.54, 1.807) is 0 Å². The summed E-state index contributed by atoms with van der Waals surface area (Å²) in [7, 11) is 2.21. The molecule has 0 N–H and O–H groups in total. The van der Waals surface area contributed by atoms with E-state index in [1.807, 2.05) is 0 Å². The van der Waals surface area contributed by atoms with Gasteiger partial charge in [0.25, 0.3) is 0 Å². The topological polar surface area (TPSA) is 15.7 Å². The molecule has 1 rings (SSSR count). The minimum Gasteiger partial charge on any atom is -0.300 e. The van der Waals surface area contributed by atoms with Crippen LogP contribution in [-0.2, 0) is 4.84 Å². The molecule has 1 saturated heterocycles. The molecule has 1 heterocycles. The third-order valence-electron chi connectivity index (χ3n) is 2.70. The lowest BCUT2D eigenvalue weighted by Crippen LogP contribution is -2.58. The van der Waals surface area contributed by atoms with Crippen LogP contribution in [0.15, 0.2) is 0 Å². The summed E-state index contributed by atoms with van der Waals surface area (Å²) in [6.45, 7) is 13.1. The predicted octanol–water partition coefficient (Wildman–Crippen LogP) is 1.85. The predicted molar refractivity (Wildman–Crippen MR) is 63.6 cm³/mol. The largest absolute Gasteiger partial charge is 0.300 e. The summed E-state index contributed by atoms with van der Waals surface area (Å²) in [5.41, 5.74) is 0. The van der Waals surface area contributed by atoms with Crippen molar-refractivity contribution >= 4 is 0 Å². The van der Waals surface area contributed by atoms with Crippen LogP contribution >= 0.6 is 0 Å². The van der Waals surface area contributed by atoms with Crippen LogP contribution in [0.4, 0.5) is 0 Å². The highest BCUT2D eigenvalue weighted by molar-refractivity contribution is 4.82. The Morgan fingerprint density at radius 1 is 1.20 bits per heavy atom. The quantitative estimate of drug-likeness (QED) is 0.671. The van der Waals surface area contributed by atoms with E-state index in [4.69, 9.17) is 4.84 Å². The van der Waals surface area contributed by atoms with E-state index in [9.17, 15) is 0 Å². The second kappa shape index (κ2) is 5.83. The molecule has 1 aliphatic heterocycles. The molecule has 0 radical (unpaired) electrons. The zero-order chi connectivity index (χ0) is 11.4. The first-order chi connectivity index (χ1) is 6.99. The van der Waals surface area contributed by atoms with Gasteiger partial charge < -0.3 is 4.90 Å². The molecule has 0 saturated carbocycles. The van der Waals surface area contributed by atoms with E-state index in [-0.39, 0.29) is 0 Å². The summed E-state index contributed by atoms with van der Waals surface area (Å²) in [6, 6.07) is 0.694. The maximum Gasteiger partial charge on any atom is 0.0708 e. The number of likely N-dealkylation sites (N-methyl/N-ethyl adjacent to an activating group) is 1. The molecule has 0 aromatic heterocycles. The number of hydrogen-bond acceptors (Lipinski definition) is 3. The SMILES string of the molecule is CC(C)CON1CC(N(C)CC(C)C)C1. The van der Waals surface area contributed by atoms with Crippen molar-refractivity contribution in [3.8, 4) is 0 Å². The average Bonchev–Trinajstić information content (AvgIpc) is 1.98. The zero-order valence-electron chi connectivity index (χ0n) is 10.9. The van der Waals surface area contributed by atoms with Crippen molar-refractivity contribution in [2.45, 2.75) is 33.7 Å². The van der Waals surface area contributed by atoms with Gasteiger partial charge in [-0.2, -0.15) is 5.06 Å². The Bertz CT molecular complexity index is 176. The Labute approximate surface area is 94.3 Å². The molecule has 0 aliphatic carbocycles. The maximum atomic E-state index is 5.63. The van der Waals surface area contributed by atoms with Crippen molar-refractivity contribution in [2.24, 2.45) is 11.8 Å². The van der Waals surface area contributed by atoms with Crippen LogP contribution in [0.25, 0.3) is 0 Å². The van der Waals surface area contributed by atoms with Crippen molar-refractivity contribution in [1.82, 2.24) is 9.96 Å². The Balaban J connectivity index is 2.09. The second-order valence-corrected chi connectivity index (χ2v) is 5.52. The van der Waals surface area contributed by atoms with Crippen molar-refractivity contribution in [3.05, 3.63) is 0 Å². The van der Waals surface area contributed by atoms with Gasteiger partial charge in [-0.3, -0.25) is 4.84 Å². The third-order valence-corrected chi connectivity index (χ3v) is 2.70. The molecule has 0 amide bonds. The van der Waals surface area contributed by atoms with Crippen LogP contribution in [0.3, 0.4) is 0 Å². The first-order valence-corrected chi connectivity index (χ1v) is 6.07. The number of nitrogens with zero attached hydrogens (tertiary/aromatic N) is 2. The number of rotatable bonds is 6. The molecule has 0 aromatic carbocycles. The van der Waals surface area contributed by atoms with Gasteiger partial charge >= 0.3 is 0 Å². The van der Waals surface area contributed by atoms with E-state index in [0.717, 1.165) is 25.6 Å². The van der Waals surface area contributed by atoms with Crippen LogP contribution in [0, 0.1) is 11.8 Å². The molecular weight excluding hydrogens is 188 g/mol. The molecular formula is C12H26N2O. The van der Waals surface area contributed by atoms with E-state index in [0.29, 0.717) is 12.0 Å². The van der Waals surface area contributed by atoms with Crippen molar-refractivity contribution < 1.29 is 4.84 Å². The standard InChI is InChI=1S/C12H26N2O/c1-10(2)6-13(5)12-7-14(8-12)15-9-11(3)4/h10-12H,6-9H2,1-5H3. The minimum atomic E-state index is 0.623. The minimum absolute atomic E-state index is 0.623. The Morgan fingerprint density at radius 3 is 2.27 bits per heavy atom. The normalized spacial score (nSPS) is 19.2. The fraction of sp³-hybridized carbons (Fsp3) is 1.00. The molecule has 90 valence electrons. The average molecular weight is 214 g/mol. The molecule has 0 bridgehead atoms. The molecule has 0 aromatic rings. The Kier molecular flexibility index (Phi) is 5.03. The van der Waals surface area contributed by atoms with Gasteiger partial charge in [0.1, 0.15) is 0 Å². The summed E-state index contributed by atoms with van der Waals surface area (Å²) in [4.78, 5) is 8.08. The first-order valence-electron chi connectivity index (χ1n) is 6.07. The van der Waals surface area contributed by atoms with Crippen LogP contribution in [0.2, 0.25) is 0 Å². The molecule has 3 heteroatoms. The molecule has 0 atom stereocenters. The van der Waals surface area contributed by atoms with Gasteiger partial charge in [0.2, 0.25) is 0 Å². The lowest BCUT2D eigenvalue weighted by atomic mass is 10.1. The van der Waals surface area contributed by atoms with Gasteiger partial charge in [-0.25, -0.2) is 0 Å². The van der Waals surface area contributed by atoms with Crippen molar-refractivity contribution in [2.75, 3.05) is 33.3 Å². The number of hydroxylamine groups is 2. The lowest BCUT2D eigenvalue weighted by Gasteiger charge is -2.43. The monoisotopic (exact) mass is 214 g/mol. The summed E-state index contributed by atoms with van der Waals surface area (Å²) >= 11 is 0. The third kappa shape index (κ3) is 4.49. The van der Waals surface area contributed by atoms with Crippen LogP contribution in [-0.4, -0.2) is 49.3 Å². The zero-order valence-corrected chi connectivity index (χ0v) is 10.9. The lowest BCUT2D eigenvalue weighted by molar-refractivity contribution is -0.227. The highest BCUT2D eigenvalue weighted by Gasteiger charge is 2.30. The Morgan fingerprint density at radius 2 is 1.80 bits per heavy atom.